The van der Waals surface area contributed by atoms with Gasteiger partial charge in [-0.2, -0.15) is 5.26 Å². The molecule has 3 aromatic rings. The van der Waals surface area contributed by atoms with Gasteiger partial charge < -0.3 is 10.2 Å². The summed E-state index contributed by atoms with van der Waals surface area (Å²) in [6.07, 6.45) is 15.0. The lowest BCUT2D eigenvalue weighted by atomic mass is 10.1. The zero-order valence-electron chi connectivity index (χ0n) is 20.3. The highest BCUT2D eigenvalue weighted by molar-refractivity contribution is 5.67. The van der Waals surface area contributed by atoms with Crippen LogP contribution in [-0.2, 0) is 13.1 Å². The Labute approximate surface area is 211 Å². The Bertz CT molecular complexity index is 1380. The fourth-order valence-corrected chi connectivity index (χ4v) is 5.27. The highest BCUT2D eigenvalue weighted by atomic mass is 15.2. The second-order valence-electron chi connectivity index (χ2n) is 9.68. The van der Waals surface area contributed by atoms with Gasteiger partial charge in [-0.25, -0.2) is 15.0 Å². The molecule has 0 amide bonds. The largest absolute Gasteiger partial charge is 0.356 e. The van der Waals surface area contributed by atoms with E-state index in [2.05, 4.69) is 67.6 Å². The summed E-state index contributed by atoms with van der Waals surface area (Å²) in [7, 11) is 0. The fraction of sp³-hybridized carbons (Fsp3) is 0.310. The number of nitrogens with one attached hydrogen (secondary N) is 1. The molecule has 7 heteroatoms. The van der Waals surface area contributed by atoms with Gasteiger partial charge in [-0.05, 0) is 66.6 Å². The Morgan fingerprint density at radius 1 is 1.00 bits per heavy atom. The summed E-state index contributed by atoms with van der Waals surface area (Å²) in [5.74, 6) is 1.30. The van der Waals surface area contributed by atoms with E-state index < -0.39 is 0 Å². The fourth-order valence-electron chi connectivity index (χ4n) is 5.27. The number of pyridine rings is 1. The van der Waals surface area contributed by atoms with Gasteiger partial charge in [0.2, 0.25) is 5.95 Å². The van der Waals surface area contributed by atoms with Crippen molar-refractivity contribution in [2.75, 3.05) is 29.9 Å². The molecule has 6 rings (SSSR count). The minimum atomic E-state index is 0.530. The van der Waals surface area contributed by atoms with Crippen LogP contribution in [0.1, 0.15) is 42.4 Å². The van der Waals surface area contributed by atoms with E-state index in [1.54, 1.807) is 6.20 Å². The first-order valence-corrected chi connectivity index (χ1v) is 12.7. The van der Waals surface area contributed by atoms with Crippen LogP contribution in [0.5, 0.6) is 0 Å². The van der Waals surface area contributed by atoms with E-state index in [-0.39, 0.29) is 0 Å². The molecule has 0 bridgehead atoms. The number of hydrogen-bond donors (Lipinski definition) is 1. The molecule has 2 aromatic heterocycles. The van der Waals surface area contributed by atoms with Crippen LogP contribution in [-0.4, -0.2) is 39.5 Å². The minimum absolute atomic E-state index is 0.530. The van der Waals surface area contributed by atoms with Gasteiger partial charge in [0.05, 0.1) is 11.3 Å². The van der Waals surface area contributed by atoms with Crippen LogP contribution in [0.15, 0.2) is 66.5 Å². The zero-order valence-corrected chi connectivity index (χ0v) is 20.3. The third-order valence-electron chi connectivity index (χ3n) is 7.07. The molecule has 1 saturated heterocycles. The zero-order chi connectivity index (χ0) is 24.3. The molecule has 4 heterocycles. The van der Waals surface area contributed by atoms with E-state index in [4.69, 9.17) is 4.98 Å². The number of aromatic nitrogens is 3. The number of allylic oxidation sites excluding steroid dienone is 2. The van der Waals surface area contributed by atoms with Gasteiger partial charge in [0.1, 0.15) is 11.9 Å². The van der Waals surface area contributed by atoms with Crippen molar-refractivity contribution >= 4 is 17.5 Å². The summed E-state index contributed by atoms with van der Waals surface area (Å²) in [4.78, 5) is 18.4. The lowest BCUT2D eigenvalue weighted by Crippen LogP contribution is -2.20. The number of nitrogens with zero attached hydrogens (tertiary/aromatic N) is 6. The Morgan fingerprint density at radius 3 is 2.72 bits per heavy atom. The second-order valence-corrected chi connectivity index (χ2v) is 9.68. The summed E-state index contributed by atoms with van der Waals surface area (Å²) in [5, 5.41) is 13.1. The average Bonchev–Trinajstić information content (AvgIpc) is 3.59. The van der Waals surface area contributed by atoms with Gasteiger partial charge in [0.25, 0.3) is 0 Å². The number of fused-ring (bicyclic) bond motifs is 1. The summed E-state index contributed by atoms with van der Waals surface area (Å²) < 4.78 is 0. The summed E-state index contributed by atoms with van der Waals surface area (Å²) >= 11 is 0. The second kappa shape index (κ2) is 9.92. The van der Waals surface area contributed by atoms with Crippen LogP contribution in [0, 0.1) is 11.3 Å². The molecule has 1 aliphatic carbocycles. The number of hydrogen-bond acceptors (Lipinski definition) is 7. The smallest absolute Gasteiger partial charge is 0.227 e. The lowest BCUT2D eigenvalue weighted by Gasteiger charge is -2.18. The molecular weight excluding hydrogens is 446 g/mol. The molecule has 0 spiro atoms. The van der Waals surface area contributed by atoms with Crippen LogP contribution >= 0.6 is 0 Å². The van der Waals surface area contributed by atoms with Crippen LogP contribution in [0.4, 0.5) is 17.5 Å². The summed E-state index contributed by atoms with van der Waals surface area (Å²) in [6.45, 7) is 4.83. The SMILES string of the molecule is N#Cc1cc(-c2ccnc(Nc3ccc4c(c3)CN(CC3=CCCC=C3)C4)n2)cnc1N1CCCC1. The molecule has 1 fully saturated rings. The average molecular weight is 476 g/mol. The molecule has 0 atom stereocenters. The maximum atomic E-state index is 9.72. The van der Waals surface area contributed by atoms with Gasteiger partial charge in [-0.15, -0.1) is 0 Å². The van der Waals surface area contributed by atoms with E-state index in [1.165, 1.54) is 16.7 Å². The van der Waals surface area contributed by atoms with Crippen molar-refractivity contribution in [3.8, 4) is 17.3 Å². The molecule has 0 unspecified atom stereocenters. The van der Waals surface area contributed by atoms with E-state index in [0.29, 0.717) is 11.5 Å². The lowest BCUT2D eigenvalue weighted by molar-refractivity contribution is 0.311. The quantitative estimate of drug-likeness (QED) is 0.515. The molecule has 1 aromatic carbocycles. The van der Waals surface area contributed by atoms with Crippen molar-refractivity contribution in [1.29, 1.82) is 5.26 Å². The van der Waals surface area contributed by atoms with E-state index in [1.807, 2.05) is 18.3 Å². The van der Waals surface area contributed by atoms with E-state index in [9.17, 15) is 5.26 Å². The first-order chi connectivity index (χ1) is 17.7. The van der Waals surface area contributed by atoms with E-state index >= 15 is 0 Å². The molecule has 7 nitrogen and oxygen atoms in total. The highest BCUT2D eigenvalue weighted by Crippen LogP contribution is 2.29. The normalized spacial score (nSPS) is 17.1. The van der Waals surface area contributed by atoms with Crippen LogP contribution in [0.3, 0.4) is 0 Å². The Balaban J connectivity index is 1.17. The number of benzene rings is 1. The van der Waals surface area contributed by atoms with E-state index in [0.717, 1.165) is 81.2 Å². The number of anilines is 3. The third kappa shape index (κ3) is 4.73. The summed E-state index contributed by atoms with van der Waals surface area (Å²) in [5.41, 5.74) is 7.26. The van der Waals surface area contributed by atoms with Crippen molar-refractivity contribution in [2.45, 2.75) is 38.8 Å². The molecule has 0 saturated carbocycles. The Morgan fingerprint density at radius 2 is 1.89 bits per heavy atom. The minimum Gasteiger partial charge on any atom is -0.356 e. The maximum Gasteiger partial charge on any atom is 0.227 e. The van der Waals surface area contributed by atoms with Gasteiger partial charge in [0, 0.05) is 56.4 Å². The molecule has 1 N–H and O–H groups in total. The predicted molar refractivity (Wildman–Crippen MR) is 142 cm³/mol. The molecule has 0 radical (unpaired) electrons. The van der Waals surface area contributed by atoms with Crippen LogP contribution in [0.2, 0.25) is 0 Å². The Kier molecular flexibility index (Phi) is 6.18. The van der Waals surface area contributed by atoms with Crippen molar-refractivity contribution in [3.05, 3.63) is 83.2 Å². The van der Waals surface area contributed by atoms with Gasteiger partial charge >= 0.3 is 0 Å². The highest BCUT2D eigenvalue weighted by Gasteiger charge is 2.21. The third-order valence-corrected chi connectivity index (χ3v) is 7.07. The Hall–Kier alpha value is -4.02. The molecule has 180 valence electrons. The van der Waals surface area contributed by atoms with Crippen LogP contribution in [0.25, 0.3) is 11.3 Å². The topological polar surface area (TPSA) is 81.0 Å². The first kappa shape index (κ1) is 22.4. The van der Waals surface area contributed by atoms with Crippen molar-refractivity contribution < 1.29 is 0 Å². The first-order valence-electron chi connectivity index (χ1n) is 12.7. The molecule has 2 aliphatic heterocycles. The molecular formula is C29H29N7. The number of nitriles is 1. The van der Waals surface area contributed by atoms with Crippen molar-refractivity contribution in [3.63, 3.8) is 0 Å². The predicted octanol–water partition coefficient (Wildman–Crippen LogP) is 5.35. The summed E-state index contributed by atoms with van der Waals surface area (Å²) in [6, 6.07) is 12.6. The van der Waals surface area contributed by atoms with Crippen molar-refractivity contribution in [2.24, 2.45) is 0 Å². The maximum absolute atomic E-state index is 9.72. The molecule has 36 heavy (non-hydrogen) atoms. The van der Waals surface area contributed by atoms with Crippen molar-refractivity contribution in [1.82, 2.24) is 19.9 Å². The standard InChI is InChI=1S/C29H29N7/c30-16-23-14-24(17-32-28(23)36-12-4-5-13-36)27-10-11-31-29(34-27)33-26-9-8-22-19-35(20-25(22)15-26)18-21-6-2-1-3-7-21/h2,6-11,14-15,17H,1,3-5,12-13,18-20H2,(H,31,33,34). The number of rotatable bonds is 6. The van der Waals surface area contributed by atoms with Crippen LogP contribution < -0.4 is 10.2 Å². The monoisotopic (exact) mass is 475 g/mol. The van der Waals surface area contributed by atoms with Gasteiger partial charge in [0.15, 0.2) is 0 Å². The van der Waals surface area contributed by atoms with Gasteiger partial charge in [-0.1, -0.05) is 24.3 Å². The van der Waals surface area contributed by atoms with Gasteiger partial charge in [-0.3, -0.25) is 4.90 Å². The molecule has 3 aliphatic rings.